The minimum atomic E-state index is -0.840. The first-order valence-electron chi connectivity index (χ1n) is 7.77. The van der Waals surface area contributed by atoms with Crippen LogP contribution in [0.2, 0.25) is 0 Å². The van der Waals surface area contributed by atoms with Gasteiger partial charge in [-0.1, -0.05) is 6.07 Å². The molecule has 2 aromatic rings. The number of rotatable bonds is 4. The summed E-state index contributed by atoms with van der Waals surface area (Å²) in [5.74, 6) is -1.09. The number of benzene rings is 1. The fraction of sp³-hybridized carbons (Fsp3) is 0.333. The van der Waals surface area contributed by atoms with Gasteiger partial charge in [-0.25, -0.2) is 13.8 Å². The zero-order chi connectivity index (χ0) is 17.1. The van der Waals surface area contributed by atoms with Gasteiger partial charge in [0.15, 0.2) is 11.6 Å². The highest BCUT2D eigenvalue weighted by molar-refractivity contribution is 5.28. The molecule has 1 aromatic heterocycles. The minimum absolute atomic E-state index is 0.0356. The maximum Gasteiger partial charge on any atom is 0.213 e. The molecule has 1 aromatic carbocycles. The molecule has 1 fully saturated rings. The largest absolute Gasteiger partial charge is 0.474 e. The molecule has 3 atom stereocenters. The summed E-state index contributed by atoms with van der Waals surface area (Å²) in [6, 6.07) is 9.35. The third kappa shape index (κ3) is 3.36. The lowest BCUT2D eigenvalue weighted by Crippen LogP contribution is -2.29. The van der Waals surface area contributed by atoms with E-state index in [2.05, 4.69) is 10.3 Å². The van der Waals surface area contributed by atoms with Crippen LogP contribution in [0.15, 0.2) is 36.5 Å². The van der Waals surface area contributed by atoms with Crippen molar-refractivity contribution in [3.05, 3.63) is 59.3 Å². The second-order valence-corrected chi connectivity index (χ2v) is 5.92. The second-order valence-electron chi connectivity index (χ2n) is 5.92. The second kappa shape index (κ2) is 6.93. The van der Waals surface area contributed by atoms with E-state index >= 15 is 0 Å². The molecule has 1 aliphatic heterocycles. The molecule has 124 valence electrons. The van der Waals surface area contributed by atoms with E-state index in [1.807, 2.05) is 13.0 Å². The molecule has 3 unspecified atom stereocenters. The Labute approximate surface area is 139 Å². The minimum Gasteiger partial charge on any atom is -0.474 e. The summed E-state index contributed by atoms with van der Waals surface area (Å²) in [5, 5.41) is 12.1. The van der Waals surface area contributed by atoms with Crippen LogP contribution in [0.25, 0.3) is 0 Å². The Bertz CT molecular complexity index is 758. The molecular weight excluding hydrogens is 312 g/mol. The first-order chi connectivity index (χ1) is 11.6. The average Bonchev–Trinajstić information content (AvgIpc) is 3.08. The molecule has 3 rings (SSSR count). The van der Waals surface area contributed by atoms with Crippen LogP contribution in [0.5, 0.6) is 5.88 Å². The van der Waals surface area contributed by atoms with Gasteiger partial charge in [-0.3, -0.25) is 0 Å². The van der Waals surface area contributed by atoms with Gasteiger partial charge in [0.2, 0.25) is 5.88 Å². The highest BCUT2D eigenvalue weighted by Gasteiger charge is 2.34. The van der Waals surface area contributed by atoms with Crippen molar-refractivity contribution in [2.75, 3.05) is 13.1 Å². The van der Waals surface area contributed by atoms with Crippen molar-refractivity contribution in [1.82, 2.24) is 10.3 Å². The highest BCUT2D eigenvalue weighted by Crippen LogP contribution is 2.32. The third-order valence-electron chi connectivity index (χ3n) is 4.41. The molecule has 1 N–H and O–H groups in total. The van der Waals surface area contributed by atoms with Crippen molar-refractivity contribution in [3.8, 4) is 11.9 Å². The molecule has 1 saturated heterocycles. The van der Waals surface area contributed by atoms with Gasteiger partial charge in [0.1, 0.15) is 12.2 Å². The van der Waals surface area contributed by atoms with E-state index in [4.69, 9.17) is 10.00 Å². The number of aromatic nitrogens is 1. The lowest BCUT2D eigenvalue weighted by Gasteiger charge is -2.25. The monoisotopic (exact) mass is 329 g/mol. The molecule has 4 nitrogen and oxygen atoms in total. The van der Waals surface area contributed by atoms with Crippen LogP contribution in [0.4, 0.5) is 8.78 Å². The topological polar surface area (TPSA) is 57.9 Å². The Kier molecular flexibility index (Phi) is 4.72. The molecule has 0 radical (unpaired) electrons. The standard InChI is InChI=1S/C18H17F2N3O/c1-11(24-18-5-2-12(7-21)8-23-18)14-9-22-10-15(14)13-3-4-16(19)17(20)6-13/h2-6,8,11,14-15,22H,9-10H2,1H3. The summed E-state index contributed by atoms with van der Waals surface area (Å²) in [6.07, 6.45) is 1.29. The molecule has 1 aliphatic rings. The SMILES string of the molecule is CC(Oc1ccc(C#N)cn1)C1CNCC1c1ccc(F)c(F)c1. The van der Waals surface area contributed by atoms with Crippen LogP contribution in [0, 0.1) is 28.9 Å². The molecule has 0 bridgehead atoms. The Morgan fingerprint density at radius 1 is 1.25 bits per heavy atom. The van der Waals surface area contributed by atoms with Gasteiger partial charge < -0.3 is 10.1 Å². The van der Waals surface area contributed by atoms with Gasteiger partial charge in [-0.05, 0) is 30.7 Å². The van der Waals surface area contributed by atoms with Gasteiger partial charge in [0, 0.05) is 37.2 Å². The highest BCUT2D eigenvalue weighted by atomic mass is 19.2. The van der Waals surface area contributed by atoms with Crippen molar-refractivity contribution in [2.45, 2.75) is 18.9 Å². The first-order valence-corrected chi connectivity index (χ1v) is 7.77. The van der Waals surface area contributed by atoms with Gasteiger partial charge >= 0.3 is 0 Å². The van der Waals surface area contributed by atoms with Crippen LogP contribution < -0.4 is 10.1 Å². The Balaban J connectivity index is 1.74. The maximum absolute atomic E-state index is 13.5. The average molecular weight is 329 g/mol. The molecule has 0 aliphatic carbocycles. The number of pyridine rings is 1. The number of nitriles is 1. The Morgan fingerprint density at radius 2 is 2.08 bits per heavy atom. The quantitative estimate of drug-likeness (QED) is 0.937. The molecule has 6 heteroatoms. The molecular formula is C18H17F2N3O. The third-order valence-corrected chi connectivity index (χ3v) is 4.41. The fourth-order valence-electron chi connectivity index (χ4n) is 3.09. The van der Waals surface area contributed by atoms with E-state index in [-0.39, 0.29) is 17.9 Å². The zero-order valence-electron chi connectivity index (χ0n) is 13.2. The van der Waals surface area contributed by atoms with Crippen molar-refractivity contribution in [1.29, 1.82) is 5.26 Å². The molecule has 0 saturated carbocycles. The summed E-state index contributed by atoms with van der Waals surface area (Å²) >= 11 is 0. The van der Waals surface area contributed by atoms with Crippen LogP contribution in [0.1, 0.15) is 24.0 Å². The number of ether oxygens (including phenoxy) is 1. The number of hydrogen-bond acceptors (Lipinski definition) is 4. The number of nitrogens with one attached hydrogen (secondary N) is 1. The van der Waals surface area contributed by atoms with E-state index in [0.717, 1.165) is 18.2 Å². The first kappa shape index (κ1) is 16.3. The van der Waals surface area contributed by atoms with E-state index in [1.165, 1.54) is 12.3 Å². The molecule has 0 spiro atoms. The molecule has 0 amide bonds. The normalized spacial score (nSPS) is 21.2. The molecule has 2 heterocycles. The Morgan fingerprint density at radius 3 is 2.75 bits per heavy atom. The number of nitrogens with zero attached hydrogens (tertiary/aromatic N) is 2. The van der Waals surface area contributed by atoms with Crippen molar-refractivity contribution in [3.63, 3.8) is 0 Å². The van der Waals surface area contributed by atoms with Gasteiger partial charge in [-0.2, -0.15) is 5.26 Å². The van der Waals surface area contributed by atoms with Crippen LogP contribution >= 0.6 is 0 Å². The van der Waals surface area contributed by atoms with Gasteiger partial charge in [0.05, 0.1) is 5.56 Å². The zero-order valence-corrected chi connectivity index (χ0v) is 13.2. The Hall–Kier alpha value is -2.52. The summed E-state index contributed by atoms with van der Waals surface area (Å²) < 4.78 is 32.5. The van der Waals surface area contributed by atoms with Crippen molar-refractivity contribution in [2.24, 2.45) is 5.92 Å². The lowest BCUT2D eigenvalue weighted by atomic mass is 9.85. The van der Waals surface area contributed by atoms with Crippen LogP contribution in [-0.4, -0.2) is 24.2 Å². The summed E-state index contributed by atoms with van der Waals surface area (Å²) in [7, 11) is 0. The smallest absolute Gasteiger partial charge is 0.213 e. The summed E-state index contributed by atoms with van der Waals surface area (Å²) in [4.78, 5) is 4.11. The maximum atomic E-state index is 13.5. The van der Waals surface area contributed by atoms with Crippen molar-refractivity contribution >= 4 is 0 Å². The van der Waals surface area contributed by atoms with Crippen LogP contribution in [0.3, 0.4) is 0 Å². The van der Waals surface area contributed by atoms with E-state index in [1.54, 1.807) is 18.2 Å². The summed E-state index contributed by atoms with van der Waals surface area (Å²) in [6.45, 7) is 3.34. The fourth-order valence-corrected chi connectivity index (χ4v) is 3.09. The number of halogens is 2. The van der Waals surface area contributed by atoms with Gasteiger partial charge in [0.25, 0.3) is 0 Å². The van der Waals surface area contributed by atoms with E-state index < -0.39 is 11.6 Å². The predicted molar refractivity (Wildman–Crippen MR) is 84.5 cm³/mol. The van der Waals surface area contributed by atoms with Gasteiger partial charge in [-0.15, -0.1) is 0 Å². The predicted octanol–water partition coefficient (Wildman–Crippen LogP) is 3.00. The van der Waals surface area contributed by atoms with E-state index in [0.29, 0.717) is 18.0 Å². The van der Waals surface area contributed by atoms with Crippen molar-refractivity contribution < 1.29 is 13.5 Å². The molecule has 24 heavy (non-hydrogen) atoms. The van der Waals surface area contributed by atoms with E-state index in [9.17, 15) is 8.78 Å². The van der Waals surface area contributed by atoms with Crippen LogP contribution in [-0.2, 0) is 0 Å². The summed E-state index contributed by atoms with van der Waals surface area (Å²) in [5.41, 5.74) is 1.23. The number of hydrogen-bond donors (Lipinski definition) is 1. The lowest BCUT2D eigenvalue weighted by molar-refractivity contribution is 0.145.